The number of esters is 1. The number of carbonyl (C=O) groups is 1. The molecule has 0 aromatic rings. The second-order valence-corrected chi connectivity index (χ2v) is 3.42. The van der Waals surface area contributed by atoms with Gasteiger partial charge in [0.15, 0.2) is 0 Å². The number of hydrogen-bond acceptors (Lipinski definition) is 5. The minimum atomic E-state index is -0.544. The highest BCUT2D eigenvalue weighted by Gasteiger charge is 2.31. The molecule has 0 spiro atoms. The van der Waals surface area contributed by atoms with E-state index in [1.165, 1.54) is 19.4 Å². The van der Waals surface area contributed by atoms with E-state index in [1.54, 1.807) is 0 Å². The van der Waals surface area contributed by atoms with Gasteiger partial charge in [-0.1, -0.05) is 5.23 Å². The first-order valence-corrected chi connectivity index (χ1v) is 4.52. The van der Waals surface area contributed by atoms with Crippen molar-refractivity contribution in [2.45, 2.75) is 32.7 Å². The summed E-state index contributed by atoms with van der Waals surface area (Å²) in [6.45, 7) is 6.00. The number of hydrogen-bond donors (Lipinski definition) is 0. The van der Waals surface area contributed by atoms with E-state index in [1.807, 2.05) is 20.8 Å². The van der Waals surface area contributed by atoms with E-state index in [0.29, 0.717) is 6.61 Å². The molecular weight excluding hydrogens is 186 g/mol. The molecule has 0 aromatic heterocycles. The highest BCUT2D eigenvalue weighted by molar-refractivity contribution is 5.70. The zero-order valence-corrected chi connectivity index (χ0v) is 9.49. The molecule has 0 rings (SSSR count). The first-order valence-electron chi connectivity index (χ1n) is 4.52. The summed E-state index contributed by atoms with van der Waals surface area (Å²) in [4.78, 5) is 21.3. The fourth-order valence-corrected chi connectivity index (χ4v) is 1.08. The van der Waals surface area contributed by atoms with Crippen molar-refractivity contribution >= 4 is 5.97 Å². The molecule has 5 heteroatoms. The lowest BCUT2D eigenvalue weighted by Gasteiger charge is -2.33. The fraction of sp³-hybridized carbons (Fsp3) is 0.889. The van der Waals surface area contributed by atoms with E-state index in [4.69, 9.17) is 9.68 Å². The van der Waals surface area contributed by atoms with Crippen LogP contribution in [0.2, 0.25) is 0 Å². The van der Waals surface area contributed by atoms with Gasteiger partial charge < -0.3 is 4.74 Å². The predicted octanol–water partition coefficient (Wildman–Crippen LogP) is 1.14. The first kappa shape index (κ1) is 13.4. The predicted molar refractivity (Wildman–Crippen MR) is 51.2 cm³/mol. The van der Waals surface area contributed by atoms with Crippen LogP contribution in [0.15, 0.2) is 0 Å². The van der Waals surface area contributed by atoms with Crippen LogP contribution in [0, 0.1) is 0 Å². The zero-order valence-electron chi connectivity index (χ0n) is 9.49. The van der Waals surface area contributed by atoms with Crippen LogP contribution >= 0.6 is 0 Å². The van der Waals surface area contributed by atoms with Crippen molar-refractivity contribution in [2.24, 2.45) is 0 Å². The third kappa shape index (κ3) is 4.04. The van der Waals surface area contributed by atoms with Gasteiger partial charge in [-0.15, -0.1) is 0 Å². The highest BCUT2D eigenvalue weighted by atomic mass is 16.9. The van der Waals surface area contributed by atoms with Gasteiger partial charge in [-0.3, -0.25) is 14.5 Å². The van der Waals surface area contributed by atoms with Crippen molar-refractivity contribution in [3.8, 4) is 0 Å². The second-order valence-electron chi connectivity index (χ2n) is 3.42. The van der Waals surface area contributed by atoms with Gasteiger partial charge in [-0.05, 0) is 20.8 Å². The molecule has 5 nitrogen and oxygen atoms in total. The largest absolute Gasteiger partial charge is 0.469 e. The van der Waals surface area contributed by atoms with Crippen LogP contribution in [0.1, 0.15) is 27.2 Å². The van der Waals surface area contributed by atoms with Gasteiger partial charge in [0.05, 0.1) is 32.8 Å². The minimum absolute atomic E-state index is 0.206. The maximum absolute atomic E-state index is 11.1. The Morgan fingerprint density at radius 3 is 2.29 bits per heavy atom. The van der Waals surface area contributed by atoms with Crippen molar-refractivity contribution < 1.29 is 19.2 Å². The van der Waals surface area contributed by atoms with Crippen LogP contribution in [0.25, 0.3) is 0 Å². The van der Waals surface area contributed by atoms with Gasteiger partial charge in [0, 0.05) is 0 Å². The second kappa shape index (κ2) is 5.95. The molecule has 84 valence electrons. The van der Waals surface area contributed by atoms with Crippen molar-refractivity contribution in [3.05, 3.63) is 0 Å². The topological polar surface area (TPSA) is 48.0 Å². The van der Waals surface area contributed by atoms with Crippen LogP contribution in [0.3, 0.4) is 0 Å². The third-order valence-electron chi connectivity index (χ3n) is 1.71. The molecule has 0 heterocycles. The normalized spacial score (nSPS) is 11.9. The summed E-state index contributed by atoms with van der Waals surface area (Å²) in [5.41, 5.74) is -0.544. The fourth-order valence-electron chi connectivity index (χ4n) is 1.08. The van der Waals surface area contributed by atoms with Gasteiger partial charge in [0.25, 0.3) is 0 Å². The molecule has 0 aliphatic carbocycles. The molecule has 0 atom stereocenters. The lowest BCUT2D eigenvalue weighted by molar-refractivity contribution is -0.395. The Morgan fingerprint density at radius 1 is 1.36 bits per heavy atom. The molecule has 0 aliphatic heterocycles. The summed E-state index contributed by atoms with van der Waals surface area (Å²) in [5.74, 6) is -0.295. The Balaban J connectivity index is 4.31. The zero-order chi connectivity index (χ0) is 11.2. The maximum atomic E-state index is 11.1. The first-order chi connectivity index (χ1) is 6.47. The number of ether oxygens (including phenoxy) is 1. The minimum Gasteiger partial charge on any atom is -0.469 e. The lowest BCUT2D eigenvalue weighted by atomic mass is 10.0. The molecule has 0 saturated heterocycles. The van der Waals surface area contributed by atoms with Crippen molar-refractivity contribution in [2.75, 3.05) is 20.8 Å². The quantitative estimate of drug-likeness (QED) is 0.480. The average Bonchev–Trinajstić information content (AvgIpc) is 2.12. The molecule has 0 aromatic carbocycles. The van der Waals surface area contributed by atoms with E-state index in [0.717, 1.165) is 0 Å². The molecule has 0 amide bonds. The number of hydroxylamine groups is 2. The lowest BCUT2D eigenvalue weighted by Crippen LogP contribution is -2.44. The Kier molecular flexibility index (Phi) is 5.68. The molecule has 0 unspecified atom stereocenters. The summed E-state index contributed by atoms with van der Waals surface area (Å²) in [7, 11) is 2.85. The summed E-state index contributed by atoms with van der Waals surface area (Å²) in [6.07, 6.45) is 0.206. The van der Waals surface area contributed by atoms with Crippen LogP contribution in [0.4, 0.5) is 0 Å². The van der Waals surface area contributed by atoms with Gasteiger partial charge in [-0.2, -0.15) is 0 Å². The van der Waals surface area contributed by atoms with Crippen LogP contribution in [-0.2, 0) is 19.2 Å². The molecule has 0 radical (unpaired) electrons. The van der Waals surface area contributed by atoms with Crippen molar-refractivity contribution in [1.29, 1.82) is 0 Å². The van der Waals surface area contributed by atoms with Crippen LogP contribution in [0.5, 0.6) is 0 Å². The summed E-state index contributed by atoms with van der Waals surface area (Å²) >= 11 is 0. The molecular formula is C9H19NO4. The molecule has 0 fully saturated rings. The Bertz CT molecular complexity index is 182. The average molecular weight is 205 g/mol. The standard InChI is InChI=1S/C9H19NO4/c1-6-14-10(13-5)9(2,3)7-8(11)12-4/h6-7H2,1-5H3. The van der Waals surface area contributed by atoms with E-state index in [2.05, 4.69) is 4.74 Å². The smallest absolute Gasteiger partial charge is 0.307 e. The SMILES string of the molecule is CCON(OC)C(C)(C)CC(=O)OC. The highest BCUT2D eigenvalue weighted by Crippen LogP contribution is 2.19. The summed E-state index contributed by atoms with van der Waals surface area (Å²) < 4.78 is 4.58. The molecule has 0 saturated carbocycles. The Labute approximate surface area is 84.8 Å². The van der Waals surface area contributed by atoms with Gasteiger partial charge >= 0.3 is 5.97 Å². The Morgan fingerprint density at radius 2 is 1.93 bits per heavy atom. The van der Waals surface area contributed by atoms with Gasteiger partial charge in [0.1, 0.15) is 0 Å². The van der Waals surface area contributed by atoms with Crippen molar-refractivity contribution in [3.63, 3.8) is 0 Å². The maximum Gasteiger partial charge on any atom is 0.307 e. The number of nitrogens with zero attached hydrogens (tertiary/aromatic N) is 1. The molecule has 0 N–H and O–H groups in total. The van der Waals surface area contributed by atoms with Crippen molar-refractivity contribution in [1.82, 2.24) is 5.23 Å². The van der Waals surface area contributed by atoms with Gasteiger partial charge in [0.2, 0.25) is 0 Å². The molecule has 0 aliphatic rings. The van der Waals surface area contributed by atoms with E-state index in [9.17, 15) is 4.79 Å². The summed E-state index contributed by atoms with van der Waals surface area (Å²) in [5, 5.41) is 1.31. The summed E-state index contributed by atoms with van der Waals surface area (Å²) in [6, 6.07) is 0. The van der Waals surface area contributed by atoms with Crippen LogP contribution in [-0.4, -0.2) is 37.6 Å². The third-order valence-corrected chi connectivity index (χ3v) is 1.71. The monoisotopic (exact) mass is 205 g/mol. The van der Waals surface area contributed by atoms with E-state index in [-0.39, 0.29) is 12.4 Å². The molecule has 0 bridgehead atoms. The molecule has 14 heavy (non-hydrogen) atoms. The Hall–Kier alpha value is -0.650. The van der Waals surface area contributed by atoms with E-state index >= 15 is 0 Å². The number of rotatable bonds is 6. The number of methoxy groups -OCH3 is 1. The van der Waals surface area contributed by atoms with E-state index < -0.39 is 5.54 Å². The van der Waals surface area contributed by atoms with Crippen LogP contribution < -0.4 is 0 Å². The number of carbonyl (C=O) groups excluding carboxylic acids is 1. The van der Waals surface area contributed by atoms with Gasteiger partial charge in [-0.25, -0.2) is 0 Å².